The molecule has 4 rings (SSSR count). The molecule has 1 aromatic heterocycles. The lowest BCUT2D eigenvalue weighted by molar-refractivity contribution is -0.119. The number of hydrogen-bond acceptors (Lipinski definition) is 3. The Hall–Kier alpha value is -3.53. The summed E-state index contributed by atoms with van der Waals surface area (Å²) < 4.78 is 1.73. The number of aromatic nitrogens is 3. The Balaban J connectivity index is 1.58. The second-order valence-corrected chi connectivity index (χ2v) is 6.67. The number of rotatable bonds is 7. The molecule has 0 N–H and O–H groups in total. The maximum Gasteiger partial charge on any atom is 0.181 e. The predicted octanol–water partition coefficient (Wildman–Crippen LogP) is 4.81. The van der Waals surface area contributed by atoms with Gasteiger partial charge in [0.1, 0.15) is 6.54 Å². The van der Waals surface area contributed by atoms with Crippen molar-refractivity contribution in [2.45, 2.75) is 19.4 Å². The van der Waals surface area contributed by atoms with E-state index in [-0.39, 0.29) is 12.3 Å². The zero-order valence-electron chi connectivity index (χ0n) is 15.5. The fourth-order valence-electron chi connectivity index (χ4n) is 3.14. The van der Waals surface area contributed by atoms with Gasteiger partial charge in [-0.3, -0.25) is 4.79 Å². The smallest absolute Gasteiger partial charge is 0.181 e. The van der Waals surface area contributed by atoms with Gasteiger partial charge < -0.3 is 0 Å². The van der Waals surface area contributed by atoms with Gasteiger partial charge in [0, 0.05) is 17.5 Å². The van der Waals surface area contributed by atoms with Gasteiger partial charge in [-0.1, -0.05) is 91.0 Å². The highest BCUT2D eigenvalue weighted by Crippen LogP contribution is 2.22. The van der Waals surface area contributed by atoms with Crippen molar-refractivity contribution in [3.05, 3.63) is 96.6 Å². The van der Waals surface area contributed by atoms with Crippen LogP contribution in [-0.4, -0.2) is 20.5 Å². The van der Waals surface area contributed by atoms with Gasteiger partial charge in [-0.05, 0) is 12.0 Å². The molecule has 0 aliphatic carbocycles. The first-order valence-corrected chi connectivity index (χ1v) is 9.41. The Labute approximate surface area is 164 Å². The molecule has 0 atom stereocenters. The summed E-state index contributed by atoms with van der Waals surface area (Å²) in [7, 11) is 0. The van der Waals surface area contributed by atoms with Crippen LogP contribution in [0.1, 0.15) is 12.0 Å². The van der Waals surface area contributed by atoms with E-state index in [1.54, 1.807) is 4.68 Å². The van der Waals surface area contributed by atoms with E-state index >= 15 is 0 Å². The zero-order chi connectivity index (χ0) is 19.2. The van der Waals surface area contributed by atoms with Crippen molar-refractivity contribution >= 4 is 5.78 Å². The maximum atomic E-state index is 12.6. The average Bonchev–Trinajstić information content (AvgIpc) is 3.18. The number of hydrogen-bond donors (Lipinski definition) is 0. The highest BCUT2D eigenvalue weighted by Gasteiger charge is 2.15. The van der Waals surface area contributed by atoms with Crippen LogP contribution in [0.5, 0.6) is 0 Å². The van der Waals surface area contributed by atoms with E-state index < -0.39 is 0 Å². The standard InChI is InChI=1S/C24H21N3O/c28-22(17-16-19-10-4-1-5-11-19)18-27-24(21-14-8-3-9-15-21)25-23(26-27)20-12-6-2-7-13-20/h1-15H,16-18H2. The largest absolute Gasteiger partial charge is 0.298 e. The van der Waals surface area contributed by atoms with Crippen molar-refractivity contribution in [1.82, 2.24) is 14.8 Å². The Morgan fingerprint density at radius 1 is 0.750 bits per heavy atom. The molecule has 0 fully saturated rings. The van der Waals surface area contributed by atoms with Gasteiger partial charge in [0.15, 0.2) is 17.4 Å². The van der Waals surface area contributed by atoms with Gasteiger partial charge in [0.25, 0.3) is 0 Å². The van der Waals surface area contributed by atoms with Gasteiger partial charge in [-0.15, -0.1) is 5.10 Å². The number of ketones is 1. The number of aryl methyl sites for hydroxylation is 1. The molecule has 4 aromatic rings. The van der Waals surface area contributed by atoms with Gasteiger partial charge in [0.2, 0.25) is 0 Å². The molecule has 138 valence electrons. The minimum absolute atomic E-state index is 0.144. The summed E-state index contributed by atoms with van der Waals surface area (Å²) in [6.45, 7) is 0.219. The summed E-state index contributed by atoms with van der Waals surface area (Å²) in [5, 5.41) is 4.64. The Kier molecular flexibility index (Phi) is 5.38. The van der Waals surface area contributed by atoms with Crippen molar-refractivity contribution in [2.75, 3.05) is 0 Å². The Morgan fingerprint density at radius 2 is 1.32 bits per heavy atom. The fraction of sp³-hybridized carbons (Fsp3) is 0.125. The van der Waals surface area contributed by atoms with Crippen LogP contribution < -0.4 is 0 Å². The normalized spacial score (nSPS) is 10.7. The summed E-state index contributed by atoms with van der Waals surface area (Å²) in [6, 6.07) is 29.8. The summed E-state index contributed by atoms with van der Waals surface area (Å²) >= 11 is 0. The van der Waals surface area contributed by atoms with E-state index in [4.69, 9.17) is 4.98 Å². The van der Waals surface area contributed by atoms with E-state index in [9.17, 15) is 4.79 Å². The molecule has 0 spiro atoms. The molecule has 3 aromatic carbocycles. The highest BCUT2D eigenvalue weighted by atomic mass is 16.1. The number of nitrogens with zero attached hydrogens (tertiary/aromatic N) is 3. The predicted molar refractivity (Wildman–Crippen MR) is 111 cm³/mol. The van der Waals surface area contributed by atoms with Crippen LogP contribution >= 0.6 is 0 Å². The third kappa shape index (κ3) is 4.23. The van der Waals surface area contributed by atoms with E-state index in [0.29, 0.717) is 18.1 Å². The summed E-state index contributed by atoms with van der Waals surface area (Å²) in [5.74, 6) is 1.49. The summed E-state index contributed by atoms with van der Waals surface area (Å²) in [6.07, 6.45) is 1.22. The molecule has 0 saturated carbocycles. The summed E-state index contributed by atoms with van der Waals surface area (Å²) in [5.41, 5.74) is 3.06. The average molecular weight is 367 g/mol. The Bertz CT molecular complexity index is 1040. The first kappa shape index (κ1) is 17.9. The molecule has 0 unspecified atom stereocenters. The van der Waals surface area contributed by atoms with Crippen LogP contribution in [0.3, 0.4) is 0 Å². The van der Waals surface area contributed by atoms with Crippen LogP contribution in [0, 0.1) is 0 Å². The van der Waals surface area contributed by atoms with Crippen molar-refractivity contribution in [3.63, 3.8) is 0 Å². The highest BCUT2D eigenvalue weighted by molar-refractivity contribution is 5.79. The maximum absolute atomic E-state index is 12.6. The molecular formula is C24H21N3O. The minimum atomic E-state index is 0.144. The van der Waals surface area contributed by atoms with Gasteiger partial charge >= 0.3 is 0 Å². The molecule has 4 heteroatoms. The van der Waals surface area contributed by atoms with Crippen molar-refractivity contribution in [3.8, 4) is 22.8 Å². The molecule has 0 aliphatic heterocycles. The monoisotopic (exact) mass is 367 g/mol. The van der Waals surface area contributed by atoms with Crippen LogP contribution in [0.4, 0.5) is 0 Å². The van der Waals surface area contributed by atoms with Crippen LogP contribution in [0.25, 0.3) is 22.8 Å². The summed E-state index contributed by atoms with van der Waals surface area (Å²) in [4.78, 5) is 17.3. The van der Waals surface area contributed by atoms with E-state index in [1.165, 1.54) is 5.56 Å². The third-order valence-electron chi connectivity index (χ3n) is 4.60. The zero-order valence-corrected chi connectivity index (χ0v) is 15.5. The van der Waals surface area contributed by atoms with E-state index in [2.05, 4.69) is 5.10 Å². The molecule has 0 radical (unpaired) electrons. The fourth-order valence-corrected chi connectivity index (χ4v) is 3.14. The number of carbonyl (C=O) groups excluding carboxylic acids is 1. The lowest BCUT2D eigenvalue weighted by Gasteiger charge is -2.06. The van der Waals surface area contributed by atoms with Crippen LogP contribution in [0.15, 0.2) is 91.0 Å². The Morgan fingerprint density at radius 3 is 1.96 bits per heavy atom. The van der Waals surface area contributed by atoms with E-state index in [0.717, 1.165) is 17.5 Å². The second kappa shape index (κ2) is 8.44. The van der Waals surface area contributed by atoms with Crippen molar-refractivity contribution in [2.24, 2.45) is 0 Å². The van der Waals surface area contributed by atoms with Gasteiger partial charge in [-0.2, -0.15) is 0 Å². The first-order valence-electron chi connectivity index (χ1n) is 9.41. The third-order valence-corrected chi connectivity index (χ3v) is 4.60. The minimum Gasteiger partial charge on any atom is -0.298 e. The van der Waals surface area contributed by atoms with Crippen LogP contribution in [-0.2, 0) is 17.8 Å². The van der Waals surface area contributed by atoms with Gasteiger partial charge in [-0.25, -0.2) is 9.67 Å². The molecule has 1 heterocycles. The molecule has 4 nitrogen and oxygen atoms in total. The SMILES string of the molecule is O=C(CCc1ccccc1)Cn1nc(-c2ccccc2)nc1-c1ccccc1. The van der Waals surface area contributed by atoms with Crippen molar-refractivity contribution in [1.29, 1.82) is 0 Å². The van der Waals surface area contributed by atoms with Crippen LogP contribution in [0.2, 0.25) is 0 Å². The molecule has 0 saturated heterocycles. The molecule has 0 bridgehead atoms. The second-order valence-electron chi connectivity index (χ2n) is 6.67. The quantitative estimate of drug-likeness (QED) is 0.471. The molecule has 0 amide bonds. The number of Topliss-reactive ketones (excluding diaryl/α,β-unsaturated/α-hetero) is 1. The first-order chi connectivity index (χ1) is 13.8. The molecule has 0 aliphatic rings. The molecular weight excluding hydrogens is 346 g/mol. The lowest BCUT2D eigenvalue weighted by atomic mass is 10.1. The van der Waals surface area contributed by atoms with Gasteiger partial charge in [0.05, 0.1) is 0 Å². The van der Waals surface area contributed by atoms with Crippen molar-refractivity contribution < 1.29 is 4.79 Å². The molecule has 28 heavy (non-hydrogen) atoms. The topological polar surface area (TPSA) is 47.8 Å². The number of carbonyl (C=O) groups is 1. The van der Waals surface area contributed by atoms with E-state index in [1.807, 2.05) is 91.0 Å². The lowest BCUT2D eigenvalue weighted by Crippen LogP contribution is -2.13. The number of benzene rings is 3.